The molecule has 0 spiro atoms. The molecule has 2 aromatic rings. The Morgan fingerprint density at radius 2 is 2.04 bits per heavy atom. The van der Waals surface area contributed by atoms with E-state index >= 15 is 0 Å². The Kier molecular flexibility index (Phi) is 4.76. The normalized spacial score (nSPS) is 13.4. The Labute approximate surface area is 136 Å². The van der Waals surface area contributed by atoms with Gasteiger partial charge in [0.15, 0.2) is 0 Å². The van der Waals surface area contributed by atoms with E-state index in [1.54, 1.807) is 19.4 Å². The first-order valence-corrected chi connectivity index (χ1v) is 7.88. The van der Waals surface area contributed by atoms with Gasteiger partial charge in [0.05, 0.1) is 7.11 Å². The lowest BCUT2D eigenvalue weighted by molar-refractivity contribution is 0.0946. The van der Waals surface area contributed by atoms with Crippen molar-refractivity contribution in [2.45, 2.75) is 25.3 Å². The average Bonchev–Trinajstić information content (AvgIpc) is 3.40. The van der Waals surface area contributed by atoms with E-state index in [0.29, 0.717) is 11.7 Å². The smallest absolute Gasteiger partial charge is 0.270 e. The first-order chi connectivity index (χ1) is 11.2. The summed E-state index contributed by atoms with van der Waals surface area (Å²) in [5, 5.41) is 6.28. The Balaban J connectivity index is 1.52. The zero-order chi connectivity index (χ0) is 16.1. The molecular weight excluding hydrogens is 290 g/mol. The van der Waals surface area contributed by atoms with E-state index in [2.05, 4.69) is 27.8 Å². The van der Waals surface area contributed by atoms with E-state index in [9.17, 15) is 4.79 Å². The number of rotatable bonds is 7. The fourth-order valence-electron chi connectivity index (χ4n) is 2.30. The van der Waals surface area contributed by atoms with Crippen LogP contribution in [0.25, 0.3) is 0 Å². The van der Waals surface area contributed by atoms with Crippen LogP contribution in [-0.2, 0) is 6.42 Å². The van der Waals surface area contributed by atoms with Crippen LogP contribution in [0, 0.1) is 0 Å². The molecule has 1 aromatic heterocycles. The summed E-state index contributed by atoms with van der Waals surface area (Å²) < 4.78 is 5.15. The van der Waals surface area contributed by atoms with Gasteiger partial charge < -0.3 is 15.4 Å². The van der Waals surface area contributed by atoms with Crippen LogP contribution >= 0.6 is 0 Å². The van der Waals surface area contributed by atoms with Gasteiger partial charge in [-0.05, 0) is 49.1 Å². The highest BCUT2D eigenvalue weighted by molar-refractivity contribution is 5.93. The second kappa shape index (κ2) is 7.13. The molecule has 1 aromatic carbocycles. The second-order valence-corrected chi connectivity index (χ2v) is 5.70. The number of carbonyl (C=O) groups is 1. The van der Waals surface area contributed by atoms with Gasteiger partial charge in [0, 0.05) is 24.5 Å². The zero-order valence-corrected chi connectivity index (χ0v) is 13.2. The summed E-state index contributed by atoms with van der Waals surface area (Å²) in [7, 11) is 1.66. The highest BCUT2D eigenvalue weighted by atomic mass is 16.5. The number of pyridine rings is 1. The summed E-state index contributed by atoms with van der Waals surface area (Å²) in [6.45, 7) is 0.792. The van der Waals surface area contributed by atoms with E-state index in [1.165, 1.54) is 5.56 Å². The maximum absolute atomic E-state index is 12.0. The van der Waals surface area contributed by atoms with Crippen molar-refractivity contribution >= 4 is 11.6 Å². The predicted molar refractivity (Wildman–Crippen MR) is 89.9 cm³/mol. The topological polar surface area (TPSA) is 63.2 Å². The summed E-state index contributed by atoms with van der Waals surface area (Å²) in [5.74, 6) is 0.772. The van der Waals surface area contributed by atoms with Crippen LogP contribution in [0.2, 0.25) is 0 Å². The molecule has 0 saturated heterocycles. The van der Waals surface area contributed by atoms with E-state index in [1.807, 2.05) is 18.2 Å². The lowest BCUT2D eigenvalue weighted by atomic mass is 10.1. The van der Waals surface area contributed by atoms with Crippen molar-refractivity contribution in [1.82, 2.24) is 10.3 Å². The van der Waals surface area contributed by atoms with Gasteiger partial charge in [-0.2, -0.15) is 0 Å². The molecule has 1 heterocycles. The van der Waals surface area contributed by atoms with Gasteiger partial charge in [-0.15, -0.1) is 0 Å². The van der Waals surface area contributed by atoms with Crippen molar-refractivity contribution in [2.24, 2.45) is 0 Å². The quantitative estimate of drug-likeness (QED) is 0.825. The van der Waals surface area contributed by atoms with Crippen LogP contribution in [-0.4, -0.2) is 30.6 Å². The number of nitrogens with zero attached hydrogens (tertiary/aromatic N) is 1. The molecule has 0 aliphatic heterocycles. The maximum atomic E-state index is 12.0. The Morgan fingerprint density at radius 1 is 1.26 bits per heavy atom. The molecule has 5 heteroatoms. The molecule has 1 saturated carbocycles. The SMILES string of the molecule is COc1ccc(CCNc2ccnc(C(=O)NC3CC3)c2)cc1. The molecular formula is C18H21N3O2. The number of nitrogens with one attached hydrogen (secondary N) is 2. The highest BCUT2D eigenvalue weighted by Crippen LogP contribution is 2.19. The Hall–Kier alpha value is -2.56. The van der Waals surface area contributed by atoms with Crippen LogP contribution in [0.4, 0.5) is 5.69 Å². The summed E-state index contributed by atoms with van der Waals surface area (Å²) in [4.78, 5) is 16.1. The number of amides is 1. The molecule has 0 radical (unpaired) electrons. The molecule has 0 bridgehead atoms. The molecule has 0 unspecified atom stereocenters. The van der Waals surface area contributed by atoms with Crippen LogP contribution in [0.1, 0.15) is 28.9 Å². The van der Waals surface area contributed by atoms with Crippen LogP contribution in [0.5, 0.6) is 5.75 Å². The number of anilines is 1. The summed E-state index contributed by atoms with van der Waals surface area (Å²) >= 11 is 0. The van der Waals surface area contributed by atoms with Crippen molar-refractivity contribution in [3.8, 4) is 5.75 Å². The van der Waals surface area contributed by atoms with Gasteiger partial charge in [0.25, 0.3) is 5.91 Å². The molecule has 23 heavy (non-hydrogen) atoms. The van der Waals surface area contributed by atoms with Crippen molar-refractivity contribution in [1.29, 1.82) is 0 Å². The standard InChI is InChI=1S/C18H21N3O2/c1-23-16-6-2-13(3-7-16)8-10-19-15-9-11-20-17(12-15)18(22)21-14-4-5-14/h2-3,6-7,9,11-12,14H,4-5,8,10H2,1H3,(H,19,20)(H,21,22). The third-order valence-corrected chi connectivity index (χ3v) is 3.81. The predicted octanol–water partition coefficient (Wildman–Crippen LogP) is 2.64. The minimum Gasteiger partial charge on any atom is -0.497 e. The van der Waals surface area contributed by atoms with Crippen LogP contribution < -0.4 is 15.4 Å². The summed E-state index contributed by atoms with van der Waals surface area (Å²) in [6, 6.07) is 12.1. The summed E-state index contributed by atoms with van der Waals surface area (Å²) in [5.41, 5.74) is 2.61. The molecule has 2 N–H and O–H groups in total. The van der Waals surface area contributed by atoms with Crippen LogP contribution in [0.15, 0.2) is 42.6 Å². The van der Waals surface area contributed by atoms with Gasteiger partial charge in [-0.3, -0.25) is 9.78 Å². The molecule has 3 rings (SSSR count). The molecule has 1 aliphatic carbocycles. The number of aromatic nitrogens is 1. The molecule has 5 nitrogen and oxygen atoms in total. The largest absolute Gasteiger partial charge is 0.497 e. The minimum absolute atomic E-state index is 0.0914. The number of hydrogen-bond acceptors (Lipinski definition) is 4. The number of methoxy groups -OCH3 is 1. The van der Waals surface area contributed by atoms with E-state index in [0.717, 1.165) is 37.2 Å². The summed E-state index contributed by atoms with van der Waals surface area (Å²) in [6.07, 6.45) is 4.71. The van der Waals surface area contributed by atoms with E-state index < -0.39 is 0 Å². The maximum Gasteiger partial charge on any atom is 0.270 e. The van der Waals surface area contributed by atoms with Crippen LogP contribution in [0.3, 0.4) is 0 Å². The Bertz CT molecular complexity index is 666. The number of carbonyl (C=O) groups excluding carboxylic acids is 1. The van der Waals surface area contributed by atoms with E-state index in [4.69, 9.17) is 4.74 Å². The van der Waals surface area contributed by atoms with Gasteiger partial charge in [0.1, 0.15) is 11.4 Å². The first-order valence-electron chi connectivity index (χ1n) is 7.88. The molecule has 1 fully saturated rings. The number of benzene rings is 1. The first kappa shape index (κ1) is 15.3. The molecule has 1 aliphatic rings. The lowest BCUT2D eigenvalue weighted by Crippen LogP contribution is -2.26. The Morgan fingerprint density at radius 3 is 2.74 bits per heavy atom. The fraction of sp³-hybridized carbons (Fsp3) is 0.333. The van der Waals surface area contributed by atoms with Crippen molar-refractivity contribution < 1.29 is 9.53 Å². The van der Waals surface area contributed by atoms with Crippen molar-refractivity contribution in [3.05, 3.63) is 53.9 Å². The fourth-order valence-corrected chi connectivity index (χ4v) is 2.30. The monoisotopic (exact) mass is 311 g/mol. The third-order valence-electron chi connectivity index (χ3n) is 3.81. The van der Waals surface area contributed by atoms with Gasteiger partial charge in [-0.25, -0.2) is 0 Å². The van der Waals surface area contributed by atoms with Gasteiger partial charge in [-0.1, -0.05) is 12.1 Å². The molecule has 120 valence electrons. The minimum atomic E-state index is -0.0914. The lowest BCUT2D eigenvalue weighted by Gasteiger charge is -2.09. The van der Waals surface area contributed by atoms with Crippen molar-refractivity contribution in [2.75, 3.05) is 19.0 Å². The van der Waals surface area contributed by atoms with E-state index in [-0.39, 0.29) is 5.91 Å². The van der Waals surface area contributed by atoms with Gasteiger partial charge in [0.2, 0.25) is 0 Å². The number of ether oxygens (including phenoxy) is 1. The molecule has 0 atom stereocenters. The second-order valence-electron chi connectivity index (χ2n) is 5.70. The third kappa shape index (κ3) is 4.45. The van der Waals surface area contributed by atoms with Crippen molar-refractivity contribution in [3.63, 3.8) is 0 Å². The highest BCUT2D eigenvalue weighted by Gasteiger charge is 2.24. The number of hydrogen-bond donors (Lipinski definition) is 2. The average molecular weight is 311 g/mol. The van der Waals surface area contributed by atoms with Gasteiger partial charge >= 0.3 is 0 Å². The molecule has 1 amide bonds. The zero-order valence-electron chi connectivity index (χ0n) is 13.2.